The highest BCUT2D eigenvalue weighted by Gasteiger charge is 2.38. The van der Waals surface area contributed by atoms with Gasteiger partial charge in [0, 0.05) is 24.8 Å². The van der Waals surface area contributed by atoms with E-state index in [-0.39, 0.29) is 0 Å². The molecule has 8 heteroatoms. The molecule has 0 unspecified atom stereocenters. The highest BCUT2D eigenvalue weighted by Crippen LogP contribution is 2.45. The Hall–Kier alpha value is -2.81. The summed E-state index contributed by atoms with van der Waals surface area (Å²) in [5.41, 5.74) is 16.8. The molecule has 4 aromatic rings. The molecule has 0 bridgehead atoms. The highest BCUT2D eigenvalue weighted by molar-refractivity contribution is 14.2. The first kappa shape index (κ1) is 48.6. The van der Waals surface area contributed by atoms with Crippen LogP contribution in [0.4, 0.5) is 22.7 Å². The van der Waals surface area contributed by atoms with Crippen LogP contribution in [0.1, 0.15) is 203 Å². The molecule has 2 aliphatic rings. The molecule has 0 amide bonds. The third kappa shape index (κ3) is 9.32. The van der Waals surface area contributed by atoms with Gasteiger partial charge in [0.2, 0.25) is 0 Å². The van der Waals surface area contributed by atoms with Gasteiger partial charge < -0.3 is 19.6 Å². The average Bonchev–Trinajstić information content (AvgIpc) is 3.86. The first-order valence-corrected chi connectivity index (χ1v) is 33.4. The molecule has 0 atom stereocenters. The Morgan fingerprint density at radius 3 is 0.565 bits per heavy atom. The van der Waals surface area contributed by atoms with Crippen molar-refractivity contribution in [2.75, 3.05) is 19.6 Å². The fourth-order valence-corrected chi connectivity index (χ4v) is 21.3. The van der Waals surface area contributed by atoms with Crippen LogP contribution in [0, 0.1) is 0 Å². The Labute approximate surface area is 404 Å². The third-order valence-corrected chi connectivity index (χ3v) is 39.1. The summed E-state index contributed by atoms with van der Waals surface area (Å²) >= 11 is 5.97. The SMILES string of the molecule is CC(C)c1cccc(C(C)C)c1N1C=CN(c2c(C(C)C)cccc2C(C)C)C1=[Si](I)[Si](I)=C1N(c2c(C(C)C)cccc2C(C)C)C=CN1c1c(C(C)C)cccc1C(C)C. The molecule has 0 aliphatic carbocycles. The van der Waals surface area contributed by atoms with E-state index in [1.165, 1.54) is 78.1 Å². The van der Waals surface area contributed by atoms with Gasteiger partial charge in [0.25, 0.3) is 0 Å². The quantitative estimate of drug-likeness (QED) is 0.0751. The van der Waals surface area contributed by atoms with E-state index in [1.807, 2.05) is 0 Å². The van der Waals surface area contributed by atoms with E-state index >= 15 is 0 Å². The fraction of sp³-hybridized carbons (Fsp3) is 0.444. The summed E-state index contributed by atoms with van der Waals surface area (Å²) in [5.74, 6) is 2.99. The topological polar surface area (TPSA) is 13.0 Å². The van der Waals surface area contributed by atoms with E-state index in [4.69, 9.17) is 0 Å². The zero-order valence-corrected chi connectivity index (χ0v) is 46.7. The van der Waals surface area contributed by atoms with Gasteiger partial charge in [-0.3, -0.25) is 0 Å². The van der Waals surface area contributed by atoms with Gasteiger partial charge in [0.1, 0.15) is 10.8 Å². The summed E-state index contributed by atoms with van der Waals surface area (Å²) in [4.78, 5) is 10.7. The maximum atomic E-state index is 2.98. The van der Waals surface area contributed by atoms with Gasteiger partial charge in [0.15, 0.2) is 10.8 Å². The number of halogens is 2. The smallest absolute Gasteiger partial charge is 0.163 e. The second-order valence-electron chi connectivity index (χ2n) is 19.7. The predicted octanol–water partition coefficient (Wildman–Crippen LogP) is 16.2. The van der Waals surface area contributed by atoms with Crippen molar-refractivity contribution < 1.29 is 0 Å². The molecule has 6 rings (SSSR count). The van der Waals surface area contributed by atoms with Crippen LogP contribution in [0.15, 0.2) is 97.6 Å². The van der Waals surface area contributed by atoms with Crippen LogP contribution in [0.2, 0.25) is 0 Å². The number of rotatable bonds is 13. The number of hydrogen-bond donors (Lipinski definition) is 0. The van der Waals surface area contributed by atoms with Gasteiger partial charge in [-0.05, 0) is 91.9 Å². The van der Waals surface area contributed by atoms with Crippen LogP contribution in [0.25, 0.3) is 0 Å². The van der Waals surface area contributed by atoms with Crippen molar-refractivity contribution in [3.63, 3.8) is 0 Å². The maximum Gasteiger partial charge on any atom is 0.163 e. The molecular formula is C54H72I2N4Si2. The number of nitrogens with zero attached hydrogens (tertiary/aromatic N) is 4. The van der Waals surface area contributed by atoms with Gasteiger partial charge >= 0.3 is 0 Å². The van der Waals surface area contributed by atoms with Gasteiger partial charge in [0.05, 0.1) is 22.7 Å². The van der Waals surface area contributed by atoms with Crippen molar-refractivity contribution in [3.8, 4) is 0 Å². The van der Waals surface area contributed by atoms with Crippen molar-refractivity contribution in [1.29, 1.82) is 0 Å². The molecule has 62 heavy (non-hydrogen) atoms. The molecule has 0 aromatic heterocycles. The fourth-order valence-electron chi connectivity index (χ4n) is 9.28. The molecule has 0 N–H and O–H groups in total. The molecule has 2 aliphatic heterocycles. The first-order chi connectivity index (χ1) is 29.3. The lowest BCUT2D eigenvalue weighted by molar-refractivity contribution is 0.830. The van der Waals surface area contributed by atoms with Gasteiger partial charge in [-0.25, -0.2) is 0 Å². The Morgan fingerprint density at radius 2 is 0.435 bits per heavy atom. The number of benzene rings is 4. The van der Waals surface area contributed by atoms with Crippen LogP contribution in [0.5, 0.6) is 0 Å². The molecule has 2 heterocycles. The minimum absolute atomic E-state index is 0.374. The predicted molar refractivity (Wildman–Crippen MR) is 296 cm³/mol. The lowest BCUT2D eigenvalue weighted by Crippen LogP contribution is -2.48. The molecule has 0 saturated carbocycles. The molecule has 0 fully saturated rings. The van der Waals surface area contributed by atoms with Crippen LogP contribution in [-0.4, -0.2) is 21.7 Å². The summed E-state index contributed by atoms with van der Waals surface area (Å²) < 4.78 is 0. The molecular weight excluding hydrogens is 1010 g/mol. The zero-order valence-electron chi connectivity index (χ0n) is 40.4. The van der Waals surface area contributed by atoms with Crippen LogP contribution < -0.4 is 19.6 Å². The van der Waals surface area contributed by atoms with Crippen molar-refractivity contribution >= 4 is 88.0 Å². The Morgan fingerprint density at radius 1 is 0.290 bits per heavy atom. The van der Waals surface area contributed by atoms with Crippen molar-refractivity contribution in [1.82, 2.24) is 0 Å². The van der Waals surface area contributed by atoms with E-state index in [0.717, 1.165) is 0 Å². The van der Waals surface area contributed by atoms with Crippen LogP contribution in [-0.2, 0) is 0 Å². The van der Waals surface area contributed by atoms with Gasteiger partial charge in [-0.1, -0.05) is 227 Å². The Bertz CT molecular complexity index is 1980. The lowest BCUT2D eigenvalue weighted by atomic mass is 9.91. The largest absolute Gasteiger partial charge is 0.305 e. The molecule has 0 radical (unpaired) electrons. The number of para-hydroxylation sites is 4. The summed E-state index contributed by atoms with van der Waals surface area (Å²) in [6, 6.07) is 28.2. The third-order valence-electron chi connectivity index (χ3n) is 12.6. The lowest BCUT2D eigenvalue weighted by Gasteiger charge is -2.36. The minimum atomic E-state index is -1.39. The van der Waals surface area contributed by atoms with Crippen molar-refractivity contribution in [2.24, 2.45) is 0 Å². The molecule has 0 spiro atoms. The average molecular weight is 1090 g/mol. The molecule has 0 saturated heterocycles. The monoisotopic (exact) mass is 1090 g/mol. The maximum absolute atomic E-state index is 2.98. The second kappa shape index (κ2) is 20.2. The van der Waals surface area contributed by atoms with Gasteiger partial charge in [-0.2, -0.15) is 0 Å². The normalized spacial score (nSPS) is 14.5. The van der Waals surface area contributed by atoms with Crippen LogP contribution >= 0.6 is 43.6 Å². The molecule has 330 valence electrons. The Kier molecular flexibility index (Phi) is 15.8. The van der Waals surface area contributed by atoms with E-state index in [1.54, 1.807) is 0 Å². The summed E-state index contributed by atoms with van der Waals surface area (Å²) in [6.45, 7) is 37.8. The summed E-state index contributed by atoms with van der Waals surface area (Å²) in [6.07, 6.45) is 9.67. The van der Waals surface area contributed by atoms with E-state index in [9.17, 15) is 0 Å². The zero-order chi connectivity index (χ0) is 45.5. The number of hydrogen-bond acceptors (Lipinski definition) is 4. The minimum Gasteiger partial charge on any atom is -0.305 e. The molecule has 4 nitrogen and oxygen atoms in total. The van der Waals surface area contributed by atoms with Crippen molar-refractivity contribution in [2.45, 2.75) is 158 Å². The van der Waals surface area contributed by atoms with E-state index in [0.29, 0.717) is 47.3 Å². The number of anilines is 4. The first-order valence-electron chi connectivity index (χ1n) is 23.1. The summed E-state index contributed by atoms with van der Waals surface area (Å²) in [5, 5.41) is 0. The van der Waals surface area contributed by atoms with Crippen LogP contribution in [0.3, 0.4) is 0 Å². The second-order valence-corrected chi connectivity index (χ2v) is 37.5. The standard InChI is InChI=1S/C54H72I2N4Si2/c1-33(2)41-21-17-22-42(34(3)4)49(41)57-29-30-58(50-43(35(5)6)23-18-24-44(50)36(7)8)53(57)61(55)62(56)54-59(51-45(37(9)10)25-19-26-46(51)38(11)12)31-32-60(54)52-47(39(13)14)27-20-28-48(52)40(15)16/h17-40H,1-16H3. The van der Waals surface area contributed by atoms with Crippen molar-refractivity contribution in [3.05, 3.63) is 142 Å². The Balaban J connectivity index is 1.80. The van der Waals surface area contributed by atoms with E-state index in [2.05, 4.69) is 272 Å². The van der Waals surface area contributed by atoms with Gasteiger partial charge in [-0.15, -0.1) is 0 Å². The highest BCUT2D eigenvalue weighted by atomic mass is 127. The summed E-state index contributed by atoms with van der Waals surface area (Å²) in [7, 11) is 0. The molecule has 4 aromatic carbocycles. The van der Waals surface area contributed by atoms with E-state index < -0.39 is 10.8 Å².